The first-order chi connectivity index (χ1) is 12.3. The van der Waals surface area contributed by atoms with E-state index in [1.807, 2.05) is 35.4 Å². The molecule has 1 aliphatic rings. The van der Waals surface area contributed by atoms with Crippen LogP contribution in [0.5, 0.6) is 0 Å². The van der Waals surface area contributed by atoms with Gasteiger partial charge in [-0.2, -0.15) is 5.10 Å². The van der Waals surface area contributed by atoms with Gasteiger partial charge in [-0.25, -0.2) is 0 Å². The van der Waals surface area contributed by atoms with Crippen LogP contribution in [0.15, 0.2) is 60.8 Å². The molecule has 0 unspecified atom stereocenters. The topological polar surface area (TPSA) is 49.0 Å². The summed E-state index contributed by atoms with van der Waals surface area (Å²) in [7, 11) is 0. The Balaban J connectivity index is 1.51. The Labute approximate surface area is 147 Å². The lowest BCUT2D eigenvalue weighted by atomic mass is 9.98. The number of benzene rings is 2. The maximum atomic E-state index is 13.1. The van der Waals surface area contributed by atoms with Gasteiger partial charge in [-0.05, 0) is 30.0 Å². The molecular formula is C21H21N3O. The van der Waals surface area contributed by atoms with Crippen LogP contribution in [-0.2, 0) is 25.8 Å². The highest BCUT2D eigenvalue weighted by Gasteiger charge is 2.24. The van der Waals surface area contributed by atoms with Crippen LogP contribution in [0.1, 0.15) is 32.7 Å². The summed E-state index contributed by atoms with van der Waals surface area (Å²) in [5.41, 5.74) is 5.52. The number of rotatable bonds is 4. The van der Waals surface area contributed by atoms with Crippen LogP contribution in [0.2, 0.25) is 0 Å². The van der Waals surface area contributed by atoms with Crippen molar-refractivity contribution in [3.63, 3.8) is 0 Å². The van der Waals surface area contributed by atoms with E-state index in [0.29, 0.717) is 6.54 Å². The quantitative estimate of drug-likeness (QED) is 0.796. The van der Waals surface area contributed by atoms with Gasteiger partial charge in [0.1, 0.15) is 0 Å². The molecule has 2 aromatic carbocycles. The number of amides is 1. The maximum absolute atomic E-state index is 13.1. The molecule has 25 heavy (non-hydrogen) atoms. The standard InChI is InChI=1S/C21H21N3O/c25-21(24-13-12-20-18(15-24)14-22-23-20)19-9-5-4-8-17(19)11-10-16-6-2-1-3-7-16/h1-9,14H,10-13,15H2,(H,22,23). The Kier molecular flexibility index (Phi) is 4.34. The number of hydrogen-bond donors (Lipinski definition) is 1. The Bertz CT molecular complexity index is 870. The summed E-state index contributed by atoms with van der Waals surface area (Å²) >= 11 is 0. The third kappa shape index (κ3) is 3.33. The monoisotopic (exact) mass is 331 g/mol. The minimum absolute atomic E-state index is 0.121. The zero-order chi connectivity index (χ0) is 17.1. The predicted molar refractivity (Wildman–Crippen MR) is 97.3 cm³/mol. The molecule has 0 spiro atoms. The molecule has 1 aromatic heterocycles. The number of carbonyl (C=O) groups is 1. The van der Waals surface area contributed by atoms with Crippen LogP contribution in [-0.4, -0.2) is 27.5 Å². The molecule has 0 atom stereocenters. The fourth-order valence-electron chi connectivity index (χ4n) is 3.44. The molecule has 4 rings (SSSR count). The van der Waals surface area contributed by atoms with Crippen molar-refractivity contribution in [1.29, 1.82) is 0 Å². The largest absolute Gasteiger partial charge is 0.334 e. The summed E-state index contributed by atoms with van der Waals surface area (Å²) in [4.78, 5) is 15.0. The second kappa shape index (κ2) is 6.93. The van der Waals surface area contributed by atoms with Gasteiger partial charge in [-0.3, -0.25) is 9.89 Å². The highest BCUT2D eigenvalue weighted by atomic mass is 16.2. The van der Waals surface area contributed by atoms with E-state index in [1.165, 1.54) is 5.56 Å². The Morgan fingerprint density at radius 1 is 1.04 bits per heavy atom. The molecule has 0 aliphatic carbocycles. The summed E-state index contributed by atoms with van der Waals surface area (Å²) < 4.78 is 0. The van der Waals surface area contributed by atoms with Gasteiger partial charge in [0.2, 0.25) is 0 Å². The van der Waals surface area contributed by atoms with Gasteiger partial charge in [0, 0.05) is 36.3 Å². The van der Waals surface area contributed by atoms with E-state index in [4.69, 9.17) is 0 Å². The van der Waals surface area contributed by atoms with Crippen molar-refractivity contribution in [2.75, 3.05) is 6.54 Å². The molecule has 1 amide bonds. The highest BCUT2D eigenvalue weighted by molar-refractivity contribution is 5.95. The van der Waals surface area contributed by atoms with Crippen LogP contribution in [0.3, 0.4) is 0 Å². The zero-order valence-electron chi connectivity index (χ0n) is 14.1. The molecule has 0 fully saturated rings. The molecule has 4 heteroatoms. The van der Waals surface area contributed by atoms with E-state index in [0.717, 1.165) is 48.2 Å². The van der Waals surface area contributed by atoms with Crippen molar-refractivity contribution >= 4 is 5.91 Å². The number of fused-ring (bicyclic) bond motifs is 1. The number of hydrogen-bond acceptors (Lipinski definition) is 2. The first-order valence-electron chi connectivity index (χ1n) is 8.73. The van der Waals surface area contributed by atoms with E-state index < -0.39 is 0 Å². The van der Waals surface area contributed by atoms with Gasteiger partial charge >= 0.3 is 0 Å². The normalized spacial score (nSPS) is 13.5. The molecule has 1 N–H and O–H groups in total. The second-order valence-corrected chi connectivity index (χ2v) is 6.49. The fourth-order valence-corrected chi connectivity index (χ4v) is 3.44. The molecule has 0 radical (unpaired) electrons. The summed E-state index contributed by atoms with van der Waals surface area (Å²) in [6.45, 7) is 1.37. The Morgan fingerprint density at radius 3 is 2.72 bits per heavy atom. The number of aryl methyl sites for hydroxylation is 2. The number of carbonyl (C=O) groups excluding carboxylic acids is 1. The van der Waals surface area contributed by atoms with Crippen LogP contribution in [0.25, 0.3) is 0 Å². The third-order valence-corrected chi connectivity index (χ3v) is 4.86. The molecule has 1 aliphatic heterocycles. The van der Waals surface area contributed by atoms with E-state index in [2.05, 4.69) is 40.5 Å². The number of nitrogens with zero attached hydrogens (tertiary/aromatic N) is 2. The van der Waals surface area contributed by atoms with Crippen LogP contribution in [0.4, 0.5) is 0 Å². The van der Waals surface area contributed by atoms with Crippen molar-refractivity contribution < 1.29 is 4.79 Å². The molecule has 3 aromatic rings. The SMILES string of the molecule is O=C(c1ccccc1CCc1ccccc1)N1CCc2[nH]ncc2C1. The number of nitrogens with one attached hydrogen (secondary N) is 1. The summed E-state index contributed by atoms with van der Waals surface area (Å²) in [6.07, 6.45) is 4.48. The van der Waals surface area contributed by atoms with Crippen LogP contribution < -0.4 is 0 Å². The minimum atomic E-state index is 0.121. The molecular weight excluding hydrogens is 310 g/mol. The smallest absolute Gasteiger partial charge is 0.254 e. The molecule has 0 saturated carbocycles. The molecule has 0 saturated heterocycles. The van der Waals surface area contributed by atoms with E-state index in [9.17, 15) is 4.79 Å². The van der Waals surface area contributed by atoms with Crippen molar-refractivity contribution in [1.82, 2.24) is 15.1 Å². The average molecular weight is 331 g/mol. The number of aromatic nitrogens is 2. The lowest BCUT2D eigenvalue weighted by Gasteiger charge is -2.27. The minimum Gasteiger partial charge on any atom is -0.334 e. The Hall–Kier alpha value is -2.88. The summed E-state index contributed by atoms with van der Waals surface area (Å²) in [5.74, 6) is 0.121. The van der Waals surface area contributed by atoms with Crippen molar-refractivity contribution in [2.45, 2.75) is 25.8 Å². The van der Waals surface area contributed by atoms with Gasteiger partial charge in [0.15, 0.2) is 0 Å². The van der Waals surface area contributed by atoms with Crippen molar-refractivity contribution in [3.8, 4) is 0 Å². The zero-order valence-corrected chi connectivity index (χ0v) is 14.1. The first kappa shape index (κ1) is 15.6. The third-order valence-electron chi connectivity index (χ3n) is 4.86. The highest BCUT2D eigenvalue weighted by Crippen LogP contribution is 2.21. The summed E-state index contributed by atoms with van der Waals surface area (Å²) in [6, 6.07) is 18.4. The summed E-state index contributed by atoms with van der Waals surface area (Å²) in [5, 5.41) is 7.11. The second-order valence-electron chi connectivity index (χ2n) is 6.49. The average Bonchev–Trinajstić information content (AvgIpc) is 3.14. The predicted octanol–water partition coefficient (Wildman–Crippen LogP) is 3.39. The van der Waals surface area contributed by atoms with Crippen molar-refractivity contribution in [3.05, 3.63) is 88.7 Å². The van der Waals surface area contributed by atoms with Gasteiger partial charge in [0.25, 0.3) is 5.91 Å². The maximum Gasteiger partial charge on any atom is 0.254 e. The first-order valence-corrected chi connectivity index (χ1v) is 8.73. The molecule has 0 bridgehead atoms. The lowest BCUT2D eigenvalue weighted by Crippen LogP contribution is -2.36. The van der Waals surface area contributed by atoms with Crippen molar-refractivity contribution in [2.24, 2.45) is 0 Å². The molecule has 2 heterocycles. The van der Waals surface area contributed by atoms with E-state index in [1.54, 1.807) is 0 Å². The number of H-pyrrole nitrogens is 1. The fraction of sp³-hybridized carbons (Fsp3) is 0.238. The van der Waals surface area contributed by atoms with Gasteiger partial charge in [-0.1, -0.05) is 48.5 Å². The lowest BCUT2D eigenvalue weighted by molar-refractivity contribution is 0.0733. The molecule has 4 nitrogen and oxygen atoms in total. The van der Waals surface area contributed by atoms with Gasteiger partial charge < -0.3 is 4.90 Å². The van der Waals surface area contributed by atoms with Gasteiger partial charge in [-0.15, -0.1) is 0 Å². The number of aromatic amines is 1. The van der Waals surface area contributed by atoms with Crippen LogP contribution in [0, 0.1) is 0 Å². The van der Waals surface area contributed by atoms with Crippen LogP contribution >= 0.6 is 0 Å². The van der Waals surface area contributed by atoms with E-state index in [-0.39, 0.29) is 5.91 Å². The Morgan fingerprint density at radius 2 is 1.84 bits per heavy atom. The molecule has 126 valence electrons. The van der Waals surface area contributed by atoms with Gasteiger partial charge in [0.05, 0.1) is 6.20 Å². The van der Waals surface area contributed by atoms with E-state index >= 15 is 0 Å².